The number of ether oxygens (including phenoxy) is 1. The molecule has 3 aromatic carbocycles. The number of nitrogens with one attached hydrogen (secondary N) is 2. The van der Waals surface area contributed by atoms with Crippen molar-refractivity contribution < 1.29 is 17.9 Å². The largest absolute Gasteiger partial charge is 0.496 e. The Morgan fingerprint density at radius 2 is 1.68 bits per heavy atom. The fourth-order valence-electron chi connectivity index (χ4n) is 3.29. The number of para-hydroxylation sites is 1. The Labute approximate surface area is 183 Å². The Bertz CT molecular complexity index is 1220. The van der Waals surface area contributed by atoms with Gasteiger partial charge in [-0.15, -0.1) is 0 Å². The summed E-state index contributed by atoms with van der Waals surface area (Å²) in [6, 6.07) is 17.5. The van der Waals surface area contributed by atoms with E-state index in [1.165, 1.54) is 6.07 Å². The minimum absolute atomic E-state index is 0.0671. The van der Waals surface area contributed by atoms with E-state index >= 15 is 0 Å². The Kier molecular flexibility index (Phi) is 6.65. The fourth-order valence-corrected chi connectivity index (χ4v) is 4.69. The average Bonchev–Trinajstić information content (AvgIpc) is 2.74. The first-order valence-corrected chi connectivity index (χ1v) is 11.3. The van der Waals surface area contributed by atoms with Crippen molar-refractivity contribution in [3.05, 3.63) is 88.5 Å². The smallest absolute Gasteiger partial charge is 0.262 e. The van der Waals surface area contributed by atoms with E-state index in [1.807, 2.05) is 50.2 Å². The maximum Gasteiger partial charge on any atom is 0.262 e. The summed E-state index contributed by atoms with van der Waals surface area (Å²) in [6.07, 6.45) is 0. The number of carbonyl (C=O) groups is 1. The molecule has 0 aliphatic heterocycles. The maximum atomic E-state index is 13.0. The van der Waals surface area contributed by atoms with Crippen molar-refractivity contribution in [1.29, 1.82) is 0 Å². The number of aryl methyl sites for hydroxylation is 3. The summed E-state index contributed by atoms with van der Waals surface area (Å²) >= 11 is 0. The van der Waals surface area contributed by atoms with Crippen molar-refractivity contribution in [2.24, 2.45) is 0 Å². The lowest BCUT2D eigenvalue weighted by Crippen LogP contribution is -2.24. The summed E-state index contributed by atoms with van der Waals surface area (Å²) in [5.74, 6) is 0.307. The zero-order chi connectivity index (χ0) is 22.6. The van der Waals surface area contributed by atoms with Crippen LogP contribution in [0.5, 0.6) is 5.75 Å². The number of rotatable bonds is 7. The zero-order valence-electron chi connectivity index (χ0n) is 18.0. The molecule has 6 nitrogen and oxygen atoms in total. The fraction of sp³-hybridized carbons (Fsp3) is 0.208. The van der Waals surface area contributed by atoms with Crippen LogP contribution >= 0.6 is 0 Å². The van der Waals surface area contributed by atoms with Gasteiger partial charge >= 0.3 is 0 Å². The van der Waals surface area contributed by atoms with Crippen LogP contribution in [0.3, 0.4) is 0 Å². The quantitative estimate of drug-likeness (QED) is 0.574. The number of sulfonamides is 1. The third-order valence-corrected chi connectivity index (χ3v) is 6.51. The number of anilines is 1. The first kappa shape index (κ1) is 22.4. The summed E-state index contributed by atoms with van der Waals surface area (Å²) in [7, 11) is -2.29. The van der Waals surface area contributed by atoms with Gasteiger partial charge in [0.1, 0.15) is 5.75 Å². The van der Waals surface area contributed by atoms with E-state index in [0.717, 1.165) is 16.7 Å². The van der Waals surface area contributed by atoms with Crippen LogP contribution in [0.15, 0.2) is 65.6 Å². The van der Waals surface area contributed by atoms with Gasteiger partial charge in [0.15, 0.2) is 0 Å². The minimum atomic E-state index is -3.86. The molecule has 0 unspecified atom stereocenters. The van der Waals surface area contributed by atoms with Crippen LogP contribution in [0.4, 0.5) is 5.69 Å². The predicted molar refractivity (Wildman–Crippen MR) is 122 cm³/mol. The Balaban J connectivity index is 1.82. The molecule has 2 N–H and O–H groups in total. The normalized spacial score (nSPS) is 11.1. The molecule has 0 aliphatic rings. The van der Waals surface area contributed by atoms with Gasteiger partial charge in [0.2, 0.25) is 0 Å². The van der Waals surface area contributed by atoms with Gasteiger partial charge < -0.3 is 10.1 Å². The van der Waals surface area contributed by atoms with Crippen molar-refractivity contribution in [3.8, 4) is 5.75 Å². The lowest BCUT2D eigenvalue weighted by atomic mass is 10.1. The standard InChI is InChI=1S/C24H26N2O4S/c1-16-9-12-21(18(3)13-16)26-31(28,29)23-14-19(11-10-17(23)2)24(27)25-15-20-7-5-6-8-22(20)30-4/h5-14,26H,15H2,1-4H3,(H,25,27). The van der Waals surface area contributed by atoms with E-state index in [2.05, 4.69) is 10.0 Å². The van der Waals surface area contributed by atoms with Crippen LogP contribution in [0.2, 0.25) is 0 Å². The molecule has 31 heavy (non-hydrogen) atoms. The van der Waals surface area contributed by atoms with E-state index in [9.17, 15) is 13.2 Å². The van der Waals surface area contributed by atoms with Crippen molar-refractivity contribution in [2.45, 2.75) is 32.2 Å². The van der Waals surface area contributed by atoms with E-state index in [1.54, 1.807) is 32.2 Å². The van der Waals surface area contributed by atoms with Gasteiger partial charge in [0, 0.05) is 17.7 Å². The lowest BCUT2D eigenvalue weighted by molar-refractivity contribution is 0.0950. The number of hydrogen-bond acceptors (Lipinski definition) is 4. The summed E-state index contributed by atoms with van der Waals surface area (Å²) < 4.78 is 34.0. The van der Waals surface area contributed by atoms with Gasteiger partial charge in [-0.3, -0.25) is 9.52 Å². The first-order valence-electron chi connectivity index (χ1n) is 9.82. The van der Waals surface area contributed by atoms with Crippen molar-refractivity contribution >= 4 is 21.6 Å². The number of benzene rings is 3. The molecule has 0 bridgehead atoms. The number of methoxy groups -OCH3 is 1. The molecule has 0 atom stereocenters. The Morgan fingerprint density at radius 3 is 2.39 bits per heavy atom. The first-order chi connectivity index (χ1) is 14.7. The van der Waals surface area contributed by atoms with E-state index in [4.69, 9.17) is 4.74 Å². The number of hydrogen-bond donors (Lipinski definition) is 2. The molecular weight excluding hydrogens is 412 g/mol. The van der Waals surface area contributed by atoms with Gasteiger partial charge in [0.25, 0.3) is 15.9 Å². The third kappa shape index (κ3) is 5.24. The molecule has 162 valence electrons. The highest BCUT2D eigenvalue weighted by atomic mass is 32.2. The topological polar surface area (TPSA) is 84.5 Å². The van der Waals surface area contributed by atoms with Gasteiger partial charge in [-0.05, 0) is 56.2 Å². The highest BCUT2D eigenvalue weighted by molar-refractivity contribution is 7.92. The highest BCUT2D eigenvalue weighted by Crippen LogP contribution is 2.24. The lowest BCUT2D eigenvalue weighted by Gasteiger charge is -2.14. The molecule has 0 saturated carbocycles. The monoisotopic (exact) mass is 438 g/mol. The molecule has 7 heteroatoms. The van der Waals surface area contributed by atoms with Crippen LogP contribution < -0.4 is 14.8 Å². The molecule has 0 aromatic heterocycles. The van der Waals surface area contributed by atoms with Gasteiger partial charge in [-0.25, -0.2) is 8.42 Å². The Morgan fingerprint density at radius 1 is 0.935 bits per heavy atom. The predicted octanol–water partition coefficient (Wildman–Crippen LogP) is 4.35. The number of amides is 1. The van der Waals surface area contributed by atoms with Crippen molar-refractivity contribution in [2.75, 3.05) is 11.8 Å². The van der Waals surface area contributed by atoms with Crippen LogP contribution in [-0.2, 0) is 16.6 Å². The molecule has 3 aromatic rings. The molecule has 0 spiro atoms. The van der Waals surface area contributed by atoms with E-state index in [-0.39, 0.29) is 22.9 Å². The van der Waals surface area contributed by atoms with Crippen LogP contribution in [0.1, 0.15) is 32.6 Å². The van der Waals surface area contributed by atoms with Gasteiger partial charge in [-0.1, -0.05) is 42.0 Å². The molecule has 0 heterocycles. The van der Waals surface area contributed by atoms with Gasteiger partial charge in [0.05, 0.1) is 17.7 Å². The molecule has 0 aliphatic carbocycles. The van der Waals surface area contributed by atoms with Crippen LogP contribution in [0.25, 0.3) is 0 Å². The summed E-state index contributed by atoms with van der Waals surface area (Å²) in [4.78, 5) is 12.8. The van der Waals surface area contributed by atoms with Crippen LogP contribution in [-0.4, -0.2) is 21.4 Å². The zero-order valence-corrected chi connectivity index (χ0v) is 18.8. The molecule has 0 saturated heterocycles. The SMILES string of the molecule is COc1ccccc1CNC(=O)c1ccc(C)c(S(=O)(=O)Nc2ccc(C)cc2C)c1. The average molecular weight is 439 g/mol. The summed E-state index contributed by atoms with van der Waals surface area (Å²) in [5.41, 5.74) is 4.03. The Hall–Kier alpha value is -3.32. The number of carbonyl (C=O) groups excluding carboxylic acids is 1. The van der Waals surface area contributed by atoms with Gasteiger partial charge in [-0.2, -0.15) is 0 Å². The van der Waals surface area contributed by atoms with E-state index < -0.39 is 10.0 Å². The summed E-state index contributed by atoms with van der Waals surface area (Å²) in [5, 5.41) is 2.82. The molecular formula is C24H26N2O4S. The second-order valence-corrected chi connectivity index (χ2v) is 9.05. The second kappa shape index (κ2) is 9.22. The third-order valence-electron chi connectivity index (χ3n) is 5.00. The molecule has 3 rings (SSSR count). The van der Waals surface area contributed by atoms with Crippen molar-refractivity contribution in [3.63, 3.8) is 0 Å². The second-order valence-electron chi connectivity index (χ2n) is 7.40. The highest BCUT2D eigenvalue weighted by Gasteiger charge is 2.20. The van der Waals surface area contributed by atoms with Crippen LogP contribution in [0, 0.1) is 20.8 Å². The summed E-state index contributed by atoms with van der Waals surface area (Å²) in [6.45, 7) is 5.76. The maximum absolute atomic E-state index is 13.0. The molecule has 0 fully saturated rings. The molecule has 0 radical (unpaired) electrons. The van der Waals surface area contributed by atoms with E-state index in [0.29, 0.717) is 17.0 Å². The molecule has 1 amide bonds. The van der Waals surface area contributed by atoms with Crippen molar-refractivity contribution in [1.82, 2.24) is 5.32 Å². The minimum Gasteiger partial charge on any atom is -0.496 e.